The first-order chi connectivity index (χ1) is 18.6. The van der Waals surface area contributed by atoms with Crippen molar-refractivity contribution >= 4 is 17.5 Å². The van der Waals surface area contributed by atoms with Gasteiger partial charge < -0.3 is 20.5 Å². The first-order valence-electron chi connectivity index (χ1n) is 13.5. The van der Waals surface area contributed by atoms with Crippen molar-refractivity contribution < 1.29 is 14.6 Å². The van der Waals surface area contributed by atoms with E-state index in [0.717, 1.165) is 68.1 Å². The molecule has 0 aliphatic carbocycles. The van der Waals surface area contributed by atoms with Crippen LogP contribution in [0.4, 0.5) is 11.5 Å². The normalized spacial score (nSPS) is 13.4. The Morgan fingerprint density at radius 2 is 2.05 bits per heavy atom. The van der Waals surface area contributed by atoms with Crippen LogP contribution in [0.5, 0.6) is 5.75 Å². The van der Waals surface area contributed by atoms with Gasteiger partial charge in [0.15, 0.2) is 0 Å². The molecule has 0 aromatic carbocycles. The Morgan fingerprint density at radius 1 is 1.16 bits per heavy atom. The maximum absolute atomic E-state index is 11.9. The Bertz CT molecular complexity index is 1160. The van der Waals surface area contributed by atoms with Gasteiger partial charge in [0.2, 0.25) is 0 Å². The highest BCUT2D eigenvalue weighted by atomic mass is 16.5. The number of nitrogens with zero attached hydrogens (tertiary/aromatic N) is 4. The first-order valence-corrected chi connectivity index (χ1v) is 13.5. The molecule has 0 radical (unpaired) electrons. The molecular formula is C29H38N6O3. The molecule has 1 aliphatic heterocycles. The molecule has 1 unspecified atom stereocenters. The minimum absolute atomic E-state index is 0.466. The summed E-state index contributed by atoms with van der Waals surface area (Å²) in [5.41, 5.74) is 3.99. The van der Waals surface area contributed by atoms with Gasteiger partial charge in [-0.25, -0.2) is 9.78 Å². The zero-order valence-electron chi connectivity index (χ0n) is 22.1. The summed E-state index contributed by atoms with van der Waals surface area (Å²) in [7, 11) is 0. The number of carboxylic acid groups (broad SMARTS) is 1. The van der Waals surface area contributed by atoms with E-state index >= 15 is 0 Å². The van der Waals surface area contributed by atoms with Crippen LogP contribution in [0.1, 0.15) is 42.6 Å². The van der Waals surface area contributed by atoms with E-state index in [1.54, 1.807) is 24.7 Å². The third kappa shape index (κ3) is 8.41. The van der Waals surface area contributed by atoms with Crippen molar-refractivity contribution in [2.75, 3.05) is 43.4 Å². The van der Waals surface area contributed by atoms with Crippen LogP contribution in [-0.4, -0.2) is 69.8 Å². The van der Waals surface area contributed by atoms with Crippen molar-refractivity contribution in [1.82, 2.24) is 19.9 Å². The topological polar surface area (TPSA) is 113 Å². The molecule has 0 saturated carbocycles. The lowest BCUT2D eigenvalue weighted by molar-refractivity contribution is -0.138. The lowest BCUT2D eigenvalue weighted by Crippen LogP contribution is -2.37. The molecule has 4 heterocycles. The molecule has 4 rings (SSSR count). The van der Waals surface area contributed by atoms with Gasteiger partial charge >= 0.3 is 5.97 Å². The number of aryl methyl sites for hydroxylation is 3. The van der Waals surface area contributed by atoms with Gasteiger partial charge in [0.25, 0.3) is 0 Å². The molecule has 0 fully saturated rings. The highest BCUT2D eigenvalue weighted by Gasteiger charge is 2.19. The van der Waals surface area contributed by atoms with Crippen LogP contribution >= 0.6 is 0 Å². The summed E-state index contributed by atoms with van der Waals surface area (Å²) in [6.45, 7) is 5.64. The SMILES string of the molecule is Cc1ncccc1OCCN(CCCCc1ccc2c(n1)NCCC2)CCC(Nc1cccnc1)C(=O)O. The molecule has 38 heavy (non-hydrogen) atoms. The van der Waals surface area contributed by atoms with E-state index in [9.17, 15) is 9.90 Å². The summed E-state index contributed by atoms with van der Waals surface area (Å²) in [5, 5.41) is 16.3. The molecule has 0 bridgehead atoms. The van der Waals surface area contributed by atoms with E-state index < -0.39 is 12.0 Å². The molecule has 9 heteroatoms. The minimum Gasteiger partial charge on any atom is -0.490 e. The summed E-state index contributed by atoms with van der Waals surface area (Å²) in [5.74, 6) is 0.948. The molecule has 3 N–H and O–H groups in total. The highest BCUT2D eigenvalue weighted by molar-refractivity contribution is 5.77. The molecule has 0 spiro atoms. The molecule has 3 aromatic heterocycles. The number of aliphatic carboxylic acids is 1. The van der Waals surface area contributed by atoms with Gasteiger partial charge in [0.05, 0.1) is 11.4 Å². The van der Waals surface area contributed by atoms with Gasteiger partial charge in [0, 0.05) is 43.9 Å². The number of aromatic nitrogens is 3. The van der Waals surface area contributed by atoms with E-state index in [1.165, 1.54) is 5.56 Å². The Balaban J connectivity index is 1.30. The quantitative estimate of drug-likeness (QED) is 0.255. The van der Waals surface area contributed by atoms with E-state index in [4.69, 9.17) is 9.72 Å². The first kappa shape index (κ1) is 27.3. The number of pyridine rings is 3. The van der Waals surface area contributed by atoms with Crippen LogP contribution in [0, 0.1) is 6.92 Å². The van der Waals surface area contributed by atoms with Gasteiger partial charge in [-0.3, -0.25) is 14.9 Å². The second-order valence-electron chi connectivity index (χ2n) is 9.64. The third-order valence-electron chi connectivity index (χ3n) is 6.77. The van der Waals surface area contributed by atoms with Crippen molar-refractivity contribution in [3.05, 3.63) is 71.9 Å². The molecule has 1 aliphatic rings. The van der Waals surface area contributed by atoms with Crippen LogP contribution in [0.3, 0.4) is 0 Å². The number of carboxylic acids is 1. The molecular weight excluding hydrogens is 480 g/mol. The summed E-state index contributed by atoms with van der Waals surface area (Å²) in [6, 6.07) is 11.1. The van der Waals surface area contributed by atoms with E-state index in [-0.39, 0.29) is 0 Å². The fourth-order valence-electron chi connectivity index (χ4n) is 4.61. The molecule has 1 atom stereocenters. The molecule has 9 nitrogen and oxygen atoms in total. The number of ether oxygens (including phenoxy) is 1. The van der Waals surface area contributed by atoms with E-state index in [2.05, 4.69) is 37.6 Å². The van der Waals surface area contributed by atoms with Crippen molar-refractivity contribution in [1.29, 1.82) is 0 Å². The maximum atomic E-state index is 11.9. The van der Waals surface area contributed by atoms with Crippen LogP contribution < -0.4 is 15.4 Å². The van der Waals surface area contributed by atoms with Crippen LogP contribution in [0.25, 0.3) is 0 Å². The Morgan fingerprint density at radius 3 is 2.87 bits per heavy atom. The monoisotopic (exact) mass is 518 g/mol. The number of unbranched alkanes of at least 4 members (excludes halogenated alkanes) is 1. The van der Waals surface area contributed by atoms with Gasteiger partial charge in [-0.15, -0.1) is 0 Å². The lowest BCUT2D eigenvalue weighted by Gasteiger charge is -2.25. The second-order valence-corrected chi connectivity index (χ2v) is 9.64. The fourth-order valence-corrected chi connectivity index (χ4v) is 4.61. The number of fused-ring (bicyclic) bond motifs is 1. The summed E-state index contributed by atoms with van der Waals surface area (Å²) in [4.78, 5) is 27.4. The number of hydrogen-bond donors (Lipinski definition) is 3. The Labute approximate surface area is 224 Å². The van der Waals surface area contributed by atoms with Crippen molar-refractivity contribution in [2.45, 2.75) is 51.5 Å². The van der Waals surface area contributed by atoms with Crippen LogP contribution in [0.2, 0.25) is 0 Å². The highest BCUT2D eigenvalue weighted by Crippen LogP contribution is 2.20. The van der Waals surface area contributed by atoms with Crippen molar-refractivity contribution in [2.24, 2.45) is 0 Å². The second kappa shape index (κ2) is 14.3. The predicted molar refractivity (Wildman–Crippen MR) is 149 cm³/mol. The van der Waals surface area contributed by atoms with Gasteiger partial charge in [-0.2, -0.15) is 0 Å². The molecule has 202 valence electrons. The number of carbonyl (C=O) groups is 1. The molecule has 0 amide bonds. The smallest absolute Gasteiger partial charge is 0.326 e. The molecule has 0 saturated heterocycles. The third-order valence-corrected chi connectivity index (χ3v) is 6.77. The number of nitrogens with one attached hydrogen (secondary N) is 2. The van der Waals surface area contributed by atoms with E-state index in [1.807, 2.05) is 25.1 Å². The van der Waals surface area contributed by atoms with Crippen LogP contribution in [-0.2, 0) is 17.6 Å². The Hall–Kier alpha value is -3.72. The van der Waals surface area contributed by atoms with Crippen molar-refractivity contribution in [3.8, 4) is 5.75 Å². The number of rotatable bonds is 15. The predicted octanol–water partition coefficient (Wildman–Crippen LogP) is 4.20. The van der Waals surface area contributed by atoms with Gasteiger partial charge in [-0.05, 0) is 87.9 Å². The standard InChI is InChI=1S/C29H38N6O3/c1-22-27(10-6-15-31-22)38-20-19-35(18-13-26(29(36)37)33-25-9-5-14-30-21-25)17-3-2-8-24-12-11-23-7-4-16-32-28(23)34-24/h5-6,9-12,14-15,21,26,33H,2-4,7-8,13,16-20H2,1H3,(H,32,34)(H,36,37). The largest absolute Gasteiger partial charge is 0.490 e. The fraction of sp³-hybridized carbons (Fsp3) is 0.448. The summed E-state index contributed by atoms with van der Waals surface area (Å²) in [6.07, 6.45) is 10.7. The van der Waals surface area contributed by atoms with Crippen molar-refractivity contribution in [3.63, 3.8) is 0 Å². The average molecular weight is 519 g/mol. The number of anilines is 2. The van der Waals surface area contributed by atoms with Gasteiger partial charge in [-0.1, -0.05) is 6.07 Å². The zero-order chi connectivity index (χ0) is 26.6. The van der Waals surface area contributed by atoms with Crippen LogP contribution in [0.15, 0.2) is 55.0 Å². The summed E-state index contributed by atoms with van der Waals surface area (Å²) >= 11 is 0. The Kier molecular flexibility index (Phi) is 10.3. The summed E-state index contributed by atoms with van der Waals surface area (Å²) < 4.78 is 5.98. The zero-order valence-corrected chi connectivity index (χ0v) is 22.1. The maximum Gasteiger partial charge on any atom is 0.326 e. The minimum atomic E-state index is -0.872. The van der Waals surface area contributed by atoms with E-state index in [0.29, 0.717) is 31.8 Å². The number of hydrogen-bond acceptors (Lipinski definition) is 8. The van der Waals surface area contributed by atoms with Gasteiger partial charge in [0.1, 0.15) is 24.2 Å². The molecule has 3 aromatic rings. The lowest BCUT2D eigenvalue weighted by atomic mass is 10.1. The average Bonchev–Trinajstić information content (AvgIpc) is 2.94.